The number of nitrogens with one attached hydrogen (secondary N) is 1. The van der Waals surface area contributed by atoms with Gasteiger partial charge < -0.3 is 4.90 Å². The monoisotopic (exact) mass is 396 g/mol. The largest absolute Gasteiger partial charge is 0.366 e. The van der Waals surface area contributed by atoms with E-state index in [0.717, 1.165) is 42.6 Å². The van der Waals surface area contributed by atoms with Crippen molar-refractivity contribution in [3.63, 3.8) is 0 Å². The van der Waals surface area contributed by atoms with E-state index in [4.69, 9.17) is 0 Å². The Labute approximate surface area is 166 Å². The Morgan fingerprint density at radius 1 is 1.25 bits per heavy atom. The van der Waals surface area contributed by atoms with Gasteiger partial charge in [0.2, 0.25) is 0 Å². The molecule has 3 aromatic rings. The molecule has 4 rings (SSSR count). The number of carbonyl (C=O) groups excluding carboxylic acids is 1. The van der Waals surface area contributed by atoms with Crippen LogP contribution >= 0.6 is 11.3 Å². The summed E-state index contributed by atoms with van der Waals surface area (Å²) >= 11 is 1.40. The van der Waals surface area contributed by atoms with Crippen LogP contribution in [0.5, 0.6) is 0 Å². The molecule has 1 amide bonds. The van der Waals surface area contributed by atoms with E-state index in [1.807, 2.05) is 17.0 Å². The fourth-order valence-corrected chi connectivity index (χ4v) is 4.37. The smallest absolute Gasteiger partial charge is 0.293 e. The van der Waals surface area contributed by atoms with Crippen LogP contribution < -0.4 is 10.2 Å². The fourth-order valence-electron chi connectivity index (χ4n) is 3.45. The summed E-state index contributed by atoms with van der Waals surface area (Å²) < 4.78 is 1.00. The van der Waals surface area contributed by atoms with Crippen molar-refractivity contribution in [2.45, 2.75) is 26.2 Å². The van der Waals surface area contributed by atoms with Crippen LogP contribution in [0.15, 0.2) is 36.4 Å². The van der Waals surface area contributed by atoms with Crippen molar-refractivity contribution in [1.82, 2.24) is 4.98 Å². The molecule has 144 valence electrons. The molecule has 0 saturated carbocycles. The number of hydrogen-bond donors (Lipinski definition) is 1. The molecule has 0 unspecified atom stereocenters. The number of hydrogen-bond acceptors (Lipinski definition) is 6. The number of fused-ring (bicyclic) bond motifs is 1. The first-order valence-corrected chi connectivity index (χ1v) is 10.1. The van der Waals surface area contributed by atoms with Crippen LogP contribution in [0.3, 0.4) is 0 Å². The second kappa shape index (κ2) is 7.55. The minimum absolute atomic E-state index is 0.0357. The van der Waals surface area contributed by atoms with Gasteiger partial charge in [-0.25, -0.2) is 4.98 Å². The van der Waals surface area contributed by atoms with Crippen LogP contribution in [0.2, 0.25) is 0 Å². The van der Waals surface area contributed by atoms with Gasteiger partial charge in [-0.2, -0.15) is 0 Å². The number of aromatic nitrogens is 1. The van der Waals surface area contributed by atoms with Gasteiger partial charge in [-0.05, 0) is 49.1 Å². The molecule has 1 aromatic heterocycles. The van der Waals surface area contributed by atoms with Crippen LogP contribution in [-0.4, -0.2) is 28.9 Å². The van der Waals surface area contributed by atoms with Crippen molar-refractivity contribution in [1.29, 1.82) is 0 Å². The number of rotatable bonds is 5. The maximum Gasteiger partial charge on any atom is 0.293 e. The van der Waals surface area contributed by atoms with Gasteiger partial charge in [-0.15, -0.1) is 0 Å². The van der Waals surface area contributed by atoms with Gasteiger partial charge in [0.05, 0.1) is 15.1 Å². The van der Waals surface area contributed by atoms with E-state index in [0.29, 0.717) is 10.8 Å². The highest BCUT2D eigenvalue weighted by molar-refractivity contribution is 7.22. The van der Waals surface area contributed by atoms with Gasteiger partial charge in [-0.1, -0.05) is 24.3 Å². The molecule has 7 nitrogen and oxygen atoms in total. The second-order valence-corrected chi connectivity index (χ2v) is 7.81. The van der Waals surface area contributed by atoms with E-state index in [-0.39, 0.29) is 11.3 Å². The molecule has 0 atom stereocenters. The van der Waals surface area contributed by atoms with Crippen LogP contribution in [-0.2, 0) is 6.42 Å². The Kier molecular flexibility index (Phi) is 4.95. The molecule has 2 heterocycles. The Balaban J connectivity index is 1.59. The molecule has 1 N–H and O–H groups in total. The number of carbonyl (C=O) groups is 1. The molecule has 1 aliphatic rings. The highest BCUT2D eigenvalue weighted by Crippen LogP contribution is 2.32. The quantitative estimate of drug-likeness (QED) is 0.502. The summed E-state index contributed by atoms with van der Waals surface area (Å²) in [4.78, 5) is 30.2. The van der Waals surface area contributed by atoms with Crippen LogP contribution in [0.1, 0.15) is 35.7 Å². The molecule has 0 bridgehead atoms. The first-order chi connectivity index (χ1) is 13.5. The van der Waals surface area contributed by atoms with E-state index in [1.54, 1.807) is 12.1 Å². The molecule has 28 heavy (non-hydrogen) atoms. The average Bonchev–Trinajstić information content (AvgIpc) is 3.36. The number of thiazole rings is 1. The summed E-state index contributed by atoms with van der Waals surface area (Å²) in [5.41, 5.74) is 2.83. The highest BCUT2D eigenvalue weighted by Gasteiger charge is 2.24. The van der Waals surface area contributed by atoms with Crippen molar-refractivity contribution in [2.75, 3.05) is 23.3 Å². The maximum absolute atomic E-state index is 12.6. The summed E-state index contributed by atoms with van der Waals surface area (Å²) in [6.07, 6.45) is 2.98. The lowest BCUT2D eigenvalue weighted by Crippen LogP contribution is -2.19. The SMILES string of the molecule is CCc1ccc2nc(NC(=O)c3ccc(N4CCCC4)c([N+](=O)[O-])c3)sc2c1. The van der Waals surface area contributed by atoms with Crippen molar-refractivity contribution in [3.8, 4) is 0 Å². The van der Waals surface area contributed by atoms with E-state index < -0.39 is 10.8 Å². The normalized spacial score (nSPS) is 13.8. The zero-order valence-corrected chi connectivity index (χ0v) is 16.3. The lowest BCUT2D eigenvalue weighted by atomic mass is 10.1. The highest BCUT2D eigenvalue weighted by atomic mass is 32.1. The third-order valence-electron chi connectivity index (χ3n) is 4.96. The minimum Gasteiger partial charge on any atom is -0.366 e. The Bertz CT molecular complexity index is 1060. The summed E-state index contributed by atoms with van der Waals surface area (Å²) in [5, 5.41) is 14.8. The minimum atomic E-state index is -0.422. The van der Waals surface area contributed by atoms with Gasteiger partial charge in [0.25, 0.3) is 11.6 Å². The first-order valence-electron chi connectivity index (χ1n) is 9.29. The number of anilines is 2. The number of amides is 1. The predicted molar refractivity (Wildman–Crippen MR) is 111 cm³/mol. The molecular weight excluding hydrogens is 376 g/mol. The summed E-state index contributed by atoms with van der Waals surface area (Å²) in [7, 11) is 0. The molecule has 1 fully saturated rings. The van der Waals surface area contributed by atoms with Gasteiger partial charge >= 0.3 is 0 Å². The Morgan fingerprint density at radius 3 is 2.75 bits per heavy atom. The molecular formula is C20H20N4O3S. The molecule has 1 aliphatic heterocycles. The van der Waals surface area contributed by atoms with E-state index in [2.05, 4.69) is 23.3 Å². The van der Waals surface area contributed by atoms with Gasteiger partial charge in [0.15, 0.2) is 5.13 Å². The number of nitrogens with zero attached hydrogens (tertiary/aromatic N) is 3. The lowest BCUT2D eigenvalue weighted by Gasteiger charge is -2.17. The van der Waals surface area contributed by atoms with Crippen LogP contribution in [0.4, 0.5) is 16.5 Å². The van der Waals surface area contributed by atoms with Crippen molar-refractivity contribution >= 4 is 44.0 Å². The molecule has 8 heteroatoms. The first kappa shape index (κ1) is 18.4. The zero-order valence-electron chi connectivity index (χ0n) is 15.5. The van der Waals surface area contributed by atoms with Gasteiger partial charge in [-0.3, -0.25) is 20.2 Å². The zero-order chi connectivity index (χ0) is 19.7. The average molecular weight is 396 g/mol. The molecule has 0 radical (unpaired) electrons. The molecule has 0 aliphatic carbocycles. The number of nitro groups is 1. The topological polar surface area (TPSA) is 88.4 Å². The molecule has 1 saturated heterocycles. The molecule has 2 aromatic carbocycles. The van der Waals surface area contributed by atoms with Crippen LogP contribution in [0, 0.1) is 10.1 Å². The van der Waals surface area contributed by atoms with E-state index in [1.165, 1.54) is 23.0 Å². The Morgan fingerprint density at radius 2 is 2.04 bits per heavy atom. The van der Waals surface area contributed by atoms with Crippen molar-refractivity contribution < 1.29 is 9.72 Å². The number of benzene rings is 2. The standard InChI is InChI=1S/C20H20N4O3S/c1-2-13-5-7-15-18(11-13)28-20(21-15)22-19(25)14-6-8-16(17(12-14)24(26)27)23-9-3-4-10-23/h5-8,11-12H,2-4,9-10H2,1H3,(H,21,22,25). The number of nitro benzene ring substituents is 1. The van der Waals surface area contributed by atoms with Gasteiger partial charge in [0, 0.05) is 24.7 Å². The predicted octanol–water partition coefficient (Wildman–Crippen LogP) is 4.62. The Hall–Kier alpha value is -3.00. The maximum atomic E-state index is 12.6. The lowest BCUT2D eigenvalue weighted by molar-refractivity contribution is -0.384. The van der Waals surface area contributed by atoms with E-state index >= 15 is 0 Å². The van der Waals surface area contributed by atoms with E-state index in [9.17, 15) is 14.9 Å². The number of aryl methyl sites for hydroxylation is 1. The third-order valence-corrected chi connectivity index (χ3v) is 5.90. The fraction of sp³-hybridized carbons (Fsp3) is 0.300. The third kappa shape index (κ3) is 3.55. The summed E-state index contributed by atoms with van der Waals surface area (Å²) in [5.74, 6) is -0.397. The summed E-state index contributed by atoms with van der Waals surface area (Å²) in [6.45, 7) is 3.69. The second-order valence-electron chi connectivity index (χ2n) is 6.78. The van der Waals surface area contributed by atoms with Crippen molar-refractivity contribution in [3.05, 3.63) is 57.6 Å². The van der Waals surface area contributed by atoms with Crippen molar-refractivity contribution in [2.24, 2.45) is 0 Å². The van der Waals surface area contributed by atoms with Gasteiger partial charge in [0.1, 0.15) is 5.69 Å². The van der Waals surface area contributed by atoms with Crippen LogP contribution in [0.25, 0.3) is 10.2 Å². The molecule has 0 spiro atoms. The summed E-state index contributed by atoms with van der Waals surface area (Å²) in [6, 6.07) is 10.7.